The minimum absolute atomic E-state index is 0.0310. The van der Waals surface area contributed by atoms with E-state index in [9.17, 15) is 4.79 Å². The molecular formula is C28H31Cl2N3O2. The van der Waals surface area contributed by atoms with Crippen molar-refractivity contribution < 1.29 is 9.53 Å². The number of carbonyl (C=O) groups excluding carboxylic acids is 1. The van der Waals surface area contributed by atoms with Crippen molar-refractivity contribution in [3.8, 4) is 16.9 Å². The highest BCUT2D eigenvalue weighted by molar-refractivity contribution is 6.36. The predicted molar refractivity (Wildman–Crippen MR) is 140 cm³/mol. The Morgan fingerprint density at radius 2 is 1.71 bits per heavy atom. The number of likely N-dealkylation sites (tertiary alicyclic amines) is 1. The molecule has 0 N–H and O–H groups in total. The van der Waals surface area contributed by atoms with E-state index in [1.807, 2.05) is 47.2 Å². The number of rotatable bonds is 8. The maximum absolute atomic E-state index is 13.1. The normalized spacial score (nSPS) is 18.9. The molecule has 2 fully saturated rings. The smallest absolute Gasteiger partial charge is 0.226 e. The van der Waals surface area contributed by atoms with Crippen LogP contribution in [-0.4, -0.2) is 39.6 Å². The van der Waals surface area contributed by atoms with Crippen LogP contribution in [0, 0.1) is 5.92 Å². The lowest BCUT2D eigenvalue weighted by atomic mass is 9.93. The largest absolute Gasteiger partial charge is 0.492 e. The molecule has 2 aromatic carbocycles. The molecule has 7 heteroatoms. The molecule has 5 rings (SSSR count). The lowest BCUT2D eigenvalue weighted by molar-refractivity contribution is -0.133. The molecule has 184 valence electrons. The van der Waals surface area contributed by atoms with Crippen LogP contribution in [-0.2, 0) is 17.8 Å². The maximum atomic E-state index is 13.1. The Morgan fingerprint density at radius 3 is 2.40 bits per heavy atom. The standard InChI is InChI=1S/C28H31Cl2N3O2/c29-26-17-22(20-6-8-24(9-7-20)35-15-14-32-13-11-31-19-32)18-27(30)25(26)16-21-10-12-33(28(21)34)23-4-2-1-3-5-23/h6-9,11,13,17-19,21,23H,1-5,10,12,14-16H2. The Morgan fingerprint density at radius 1 is 0.971 bits per heavy atom. The third-order valence-electron chi connectivity index (χ3n) is 7.32. The van der Waals surface area contributed by atoms with Crippen molar-refractivity contribution in [3.63, 3.8) is 0 Å². The maximum Gasteiger partial charge on any atom is 0.226 e. The summed E-state index contributed by atoms with van der Waals surface area (Å²) in [5, 5.41) is 1.24. The second kappa shape index (κ2) is 11.0. The van der Waals surface area contributed by atoms with E-state index in [4.69, 9.17) is 27.9 Å². The van der Waals surface area contributed by atoms with Gasteiger partial charge in [-0.1, -0.05) is 54.6 Å². The zero-order valence-corrected chi connectivity index (χ0v) is 21.3. The van der Waals surface area contributed by atoms with E-state index in [2.05, 4.69) is 9.88 Å². The quantitative estimate of drug-likeness (QED) is 0.339. The molecule has 2 aliphatic rings. The van der Waals surface area contributed by atoms with Gasteiger partial charge in [0.15, 0.2) is 0 Å². The van der Waals surface area contributed by atoms with Crippen LogP contribution in [0.25, 0.3) is 11.1 Å². The van der Waals surface area contributed by atoms with Crippen molar-refractivity contribution in [2.75, 3.05) is 13.2 Å². The van der Waals surface area contributed by atoms with Gasteiger partial charge in [0.1, 0.15) is 12.4 Å². The van der Waals surface area contributed by atoms with Crippen LogP contribution in [0.15, 0.2) is 55.1 Å². The number of hydrogen-bond acceptors (Lipinski definition) is 3. The Bertz CT molecular complexity index is 1120. The van der Waals surface area contributed by atoms with Crippen molar-refractivity contribution in [2.24, 2.45) is 5.92 Å². The number of ether oxygens (including phenoxy) is 1. The molecule has 3 aromatic rings. The predicted octanol–water partition coefficient (Wildman–Crippen LogP) is 6.66. The molecule has 1 saturated heterocycles. The first kappa shape index (κ1) is 24.2. The first-order valence-corrected chi connectivity index (χ1v) is 13.3. The fourth-order valence-corrected chi connectivity index (χ4v) is 5.99. The second-order valence-corrected chi connectivity index (χ2v) is 10.4. The number of halogens is 2. The minimum atomic E-state index is -0.0310. The van der Waals surface area contributed by atoms with Crippen molar-refractivity contribution in [1.29, 1.82) is 0 Å². The average molecular weight is 512 g/mol. The first-order chi connectivity index (χ1) is 17.1. The van der Waals surface area contributed by atoms with Gasteiger partial charge in [-0.25, -0.2) is 4.98 Å². The number of benzene rings is 2. The van der Waals surface area contributed by atoms with Gasteiger partial charge in [0.2, 0.25) is 5.91 Å². The third-order valence-corrected chi connectivity index (χ3v) is 8.00. The van der Waals surface area contributed by atoms with Crippen molar-refractivity contribution in [1.82, 2.24) is 14.5 Å². The summed E-state index contributed by atoms with van der Waals surface area (Å²) in [7, 11) is 0. The SMILES string of the molecule is O=C1C(Cc2c(Cl)cc(-c3ccc(OCCn4ccnc4)cc3)cc2Cl)CCN1C1CCCCC1. The molecule has 1 atom stereocenters. The van der Waals surface area contributed by atoms with Crippen LogP contribution in [0.5, 0.6) is 5.75 Å². The molecule has 0 bridgehead atoms. The molecule has 1 unspecified atom stereocenters. The van der Waals surface area contributed by atoms with Gasteiger partial charge < -0.3 is 14.2 Å². The van der Waals surface area contributed by atoms with E-state index < -0.39 is 0 Å². The van der Waals surface area contributed by atoms with Crippen LogP contribution < -0.4 is 4.74 Å². The average Bonchev–Trinajstić information content (AvgIpc) is 3.52. The van der Waals surface area contributed by atoms with Crippen molar-refractivity contribution >= 4 is 29.1 Å². The topological polar surface area (TPSA) is 47.4 Å². The van der Waals surface area contributed by atoms with Gasteiger partial charge in [-0.05, 0) is 66.6 Å². The van der Waals surface area contributed by atoms with Crippen LogP contribution in [0.1, 0.15) is 44.1 Å². The highest BCUT2D eigenvalue weighted by atomic mass is 35.5. The molecule has 5 nitrogen and oxygen atoms in total. The van der Waals surface area contributed by atoms with E-state index in [0.717, 1.165) is 54.8 Å². The summed E-state index contributed by atoms with van der Waals surface area (Å²) in [6, 6.07) is 12.3. The summed E-state index contributed by atoms with van der Waals surface area (Å²) in [6.07, 6.45) is 13.0. The van der Waals surface area contributed by atoms with Crippen LogP contribution in [0.2, 0.25) is 10.0 Å². The molecular weight excluding hydrogens is 481 g/mol. The second-order valence-electron chi connectivity index (χ2n) is 9.60. The van der Waals surface area contributed by atoms with Gasteiger partial charge in [-0.3, -0.25) is 4.79 Å². The number of carbonyl (C=O) groups is 1. The first-order valence-electron chi connectivity index (χ1n) is 12.6. The van der Waals surface area contributed by atoms with Gasteiger partial charge in [-0.2, -0.15) is 0 Å². The zero-order valence-electron chi connectivity index (χ0n) is 19.8. The fraction of sp³-hybridized carbons (Fsp3) is 0.429. The summed E-state index contributed by atoms with van der Waals surface area (Å²) in [5.41, 5.74) is 2.85. The molecule has 35 heavy (non-hydrogen) atoms. The summed E-state index contributed by atoms with van der Waals surface area (Å²) >= 11 is 13.4. The van der Waals surface area contributed by atoms with Gasteiger partial charge in [0, 0.05) is 40.9 Å². The lowest BCUT2D eigenvalue weighted by Crippen LogP contribution is -2.39. The molecule has 0 radical (unpaired) electrons. The van der Waals surface area contributed by atoms with E-state index in [1.165, 1.54) is 19.3 Å². The Balaban J connectivity index is 1.22. The summed E-state index contributed by atoms with van der Waals surface area (Å²) < 4.78 is 7.82. The van der Waals surface area contributed by atoms with Crippen LogP contribution in [0.3, 0.4) is 0 Å². The zero-order chi connectivity index (χ0) is 24.2. The summed E-state index contributed by atoms with van der Waals surface area (Å²) in [6.45, 7) is 2.18. The number of imidazole rings is 1. The number of aromatic nitrogens is 2. The monoisotopic (exact) mass is 511 g/mol. The third kappa shape index (κ3) is 5.68. The fourth-order valence-electron chi connectivity index (χ4n) is 5.35. The summed E-state index contributed by atoms with van der Waals surface area (Å²) in [5.74, 6) is 1.05. The molecule has 1 aromatic heterocycles. The Labute approximate surface area is 217 Å². The van der Waals surface area contributed by atoms with Crippen molar-refractivity contribution in [2.45, 2.75) is 57.5 Å². The van der Waals surface area contributed by atoms with E-state index >= 15 is 0 Å². The van der Waals surface area contributed by atoms with Crippen molar-refractivity contribution in [3.05, 3.63) is 70.7 Å². The number of amides is 1. The highest BCUT2D eigenvalue weighted by Crippen LogP contribution is 2.37. The molecule has 2 heterocycles. The number of hydrogen-bond donors (Lipinski definition) is 0. The molecule has 0 spiro atoms. The highest BCUT2D eigenvalue weighted by Gasteiger charge is 2.36. The summed E-state index contributed by atoms with van der Waals surface area (Å²) in [4.78, 5) is 19.3. The molecule has 1 aliphatic heterocycles. The Hall–Kier alpha value is -2.50. The van der Waals surface area contributed by atoms with Gasteiger partial charge in [0.25, 0.3) is 0 Å². The molecule has 1 amide bonds. The number of nitrogens with zero attached hydrogens (tertiary/aromatic N) is 3. The van der Waals surface area contributed by atoms with E-state index in [-0.39, 0.29) is 11.8 Å². The van der Waals surface area contributed by atoms with Gasteiger partial charge >= 0.3 is 0 Å². The Kier molecular flexibility index (Phi) is 7.64. The van der Waals surface area contributed by atoms with Crippen LogP contribution in [0.4, 0.5) is 0 Å². The van der Waals surface area contributed by atoms with E-state index in [1.54, 1.807) is 12.5 Å². The lowest BCUT2D eigenvalue weighted by Gasteiger charge is -2.31. The minimum Gasteiger partial charge on any atom is -0.492 e. The molecule has 1 saturated carbocycles. The van der Waals surface area contributed by atoms with Gasteiger partial charge in [0.05, 0.1) is 12.9 Å². The molecule has 1 aliphatic carbocycles. The van der Waals surface area contributed by atoms with E-state index in [0.29, 0.717) is 29.1 Å². The van der Waals surface area contributed by atoms with Crippen LogP contribution >= 0.6 is 23.2 Å². The van der Waals surface area contributed by atoms with Gasteiger partial charge in [-0.15, -0.1) is 0 Å².